The van der Waals surface area contributed by atoms with E-state index in [0.29, 0.717) is 0 Å². The number of halogens is 2. The number of H-pyrrole nitrogens is 1. The van der Waals surface area contributed by atoms with Crippen LogP contribution in [0.2, 0.25) is 0 Å². The number of rotatable bonds is 11. The summed E-state index contributed by atoms with van der Waals surface area (Å²) in [6.45, 7) is -0.160. The van der Waals surface area contributed by atoms with Crippen LogP contribution in [0, 0.1) is 11.6 Å². The highest BCUT2D eigenvalue weighted by Crippen LogP contribution is 2.33. The number of carboxylic acid groups (broad SMARTS) is 1. The molecule has 4 rings (SSSR count). The molecule has 0 saturated carbocycles. The molecule has 0 saturated heterocycles. The lowest BCUT2D eigenvalue weighted by molar-refractivity contribution is -0.123. The molecule has 43 heavy (non-hydrogen) atoms. The Hall–Kier alpha value is -5.53. The summed E-state index contributed by atoms with van der Waals surface area (Å²) in [5, 5.41) is 13.7. The molecule has 3 amide bonds. The van der Waals surface area contributed by atoms with E-state index in [4.69, 9.17) is 4.74 Å². The third-order valence-electron chi connectivity index (χ3n) is 6.18. The summed E-state index contributed by atoms with van der Waals surface area (Å²) in [5.41, 5.74) is -0.621. The minimum Gasteiger partial charge on any atom is -0.465 e. The van der Waals surface area contributed by atoms with Crippen LogP contribution >= 0.6 is 0 Å². The van der Waals surface area contributed by atoms with E-state index in [-0.39, 0.29) is 53.6 Å². The molecule has 4 aromatic rings. The van der Waals surface area contributed by atoms with E-state index in [0.717, 1.165) is 6.07 Å². The number of benzene rings is 2. The number of para-hydroxylation sites is 1. The second-order valence-corrected chi connectivity index (χ2v) is 9.55. The molecule has 0 spiro atoms. The van der Waals surface area contributed by atoms with Crippen LogP contribution in [0.1, 0.15) is 18.7 Å². The Kier molecular flexibility index (Phi) is 9.50. The lowest BCUT2D eigenvalue weighted by Gasteiger charge is -2.16. The fraction of sp³-hybridized carbons (Fsp3) is 0.207. The average Bonchev–Trinajstić information content (AvgIpc) is 3.36. The summed E-state index contributed by atoms with van der Waals surface area (Å²) >= 11 is 0. The molecule has 0 aliphatic carbocycles. The highest BCUT2D eigenvalue weighted by molar-refractivity contribution is 5.96. The number of nitrogens with zero attached hydrogens (tertiary/aromatic N) is 3. The van der Waals surface area contributed by atoms with Crippen molar-refractivity contribution < 1.29 is 33.0 Å². The molecule has 0 aliphatic heterocycles. The predicted octanol–water partition coefficient (Wildman–Crippen LogP) is 3.84. The van der Waals surface area contributed by atoms with Crippen molar-refractivity contribution in [2.45, 2.75) is 25.4 Å². The first-order valence-electron chi connectivity index (χ1n) is 13.0. The van der Waals surface area contributed by atoms with Gasteiger partial charge in [-0.25, -0.2) is 14.2 Å². The minimum absolute atomic E-state index is 0.0237. The van der Waals surface area contributed by atoms with Gasteiger partial charge in [0.1, 0.15) is 28.8 Å². The third-order valence-corrected chi connectivity index (χ3v) is 6.18. The lowest BCUT2D eigenvalue weighted by atomic mass is 10.1. The number of aromatic nitrogens is 3. The molecule has 0 radical (unpaired) electrons. The van der Waals surface area contributed by atoms with E-state index in [9.17, 15) is 33.1 Å². The number of pyridine rings is 1. The fourth-order valence-electron chi connectivity index (χ4n) is 4.05. The number of amides is 3. The van der Waals surface area contributed by atoms with Gasteiger partial charge in [0.15, 0.2) is 11.6 Å². The molecule has 2 aromatic heterocycles. The summed E-state index contributed by atoms with van der Waals surface area (Å²) in [5.74, 6) is -3.36. The summed E-state index contributed by atoms with van der Waals surface area (Å²) in [4.78, 5) is 57.5. The van der Waals surface area contributed by atoms with Crippen molar-refractivity contribution in [1.29, 1.82) is 0 Å². The van der Waals surface area contributed by atoms with Crippen molar-refractivity contribution in [3.8, 4) is 11.5 Å². The number of hydrogen-bond donors (Lipinski definition) is 4. The normalized spacial score (nSPS) is 11.8. The molecule has 2 heterocycles. The second-order valence-electron chi connectivity index (χ2n) is 9.55. The zero-order valence-corrected chi connectivity index (χ0v) is 23.1. The molecule has 14 heteroatoms. The maximum Gasteiger partial charge on any atom is 0.405 e. The smallest absolute Gasteiger partial charge is 0.405 e. The number of fused-ring (bicyclic) bond motifs is 1. The number of imidazole rings is 1. The number of ether oxygens (including phenoxy) is 1. The third kappa shape index (κ3) is 7.61. The molecule has 0 bridgehead atoms. The number of likely N-dealkylation sites (N-methyl/N-ethyl adjacent to an activating group) is 1. The molecule has 0 unspecified atom stereocenters. The number of aromatic amines is 1. The Morgan fingerprint density at radius 2 is 1.91 bits per heavy atom. The van der Waals surface area contributed by atoms with Crippen molar-refractivity contribution in [3.05, 3.63) is 94.7 Å². The van der Waals surface area contributed by atoms with Crippen LogP contribution in [-0.2, 0) is 16.1 Å². The number of hydrogen-bond acceptors (Lipinski definition) is 6. The highest BCUT2D eigenvalue weighted by Gasteiger charge is 2.22. The average molecular weight is 595 g/mol. The Morgan fingerprint density at radius 3 is 2.60 bits per heavy atom. The van der Waals surface area contributed by atoms with E-state index < -0.39 is 41.0 Å². The summed E-state index contributed by atoms with van der Waals surface area (Å²) in [7, 11) is 3.15. The van der Waals surface area contributed by atoms with Gasteiger partial charge in [0.2, 0.25) is 17.6 Å². The Morgan fingerprint density at radius 1 is 1.16 bits per heavy atom. The van der Waals surface area contributed by atoms with E-state index in [2.05, 4.69) is 20.6 Å². The number of nitrogens with one attached hydrogen (secondary N) is 3. The van der Waals surface area contributed by atoms with Crippen molar-refractivity contribution in [1.82, 2.24) is 24.8 Å². The fourth-order valence-corrected chi connectivity index (χ4v) is 4.05. The van der Waals surface area contributed by atoms with Crippen LogP contribution in [0.3, 0.4) is 0 Å². The first-order chi connectivity index (χ1) is 20.5. The van der Waals surface area contributed by atoms with E-state index >= 15 is 0 Å². The van der Waals surface area contributed by atoms with Gasteiger partial charge in [-0.05, 0) is 43.2 Å². The molecule has 1 atom stereocenters. The second kappa shape index (κ2) is 13.4. The zero-order valence-electron chi connectivity index (χ0n) is 23.1. The van der Waals surface area contributed by atoms with Crippen molar-refractivity contribution >= 4 is 34.6 Å². The van der Waals surface area contributed by atoms with E-state index in [1.807, 2.05) is 0 Å². The van der Waals surface area contributed by atoms with Crippen LogP contribution in [-0.4, -0.2) is 62.6 Å². The van der Waals surface area contributed by atoms with Crippen LogP contribution in [0.5, 0.6) is 11.5 Å². The van der Waals surface area contributed by atoms with Crippen LogP contribution in [0.15, 0.2) is 71.7 Å². The van der Waals surface area contributed by atoms with Crippen LogP contribution in [0.25, 0.3) is 11.0 Å². The molecule has 224 valence electrons. The lowest BCUT2D eigenvalue weighted by Crippen LogP contribution is -2.44. The first kappa shape index (κ1) is 30.4. The molecule has 12 nitrogen and oxygen atoms in total. The van der Waals surface area contributed by atoms with Crippen molar-refractivity contribution in [2.75, 3.05) is 19.4 Å². The highest BCUT2D eigenvalue weighted by atomic mass is 19.2. The van der Waals surface area contributed by atoms with Gasteiger partial charge in [-0.15, -0.1) is 0 Å². The quantitative estimate of drug-likeness (QED) is 0.192. The molecular weight excluding hydrogens is 566 g/mol. The van der Waals surface area contributed by atoms with Gasteiger partial charge in [0, 0.05) is 26.4 Å². The maximum absolute atomic E-state index is 14.7. The Labute approximate surface area is 243 Å². The van der Waals surface area contributed by atoms with E-state index in [1.165, 1.54) is 39.9 Å². The monoisotopic (exact) mass is 594 g/mol. The summed E-state index contributed by atoms with van der Waals surface area (Å²) in [6, 6.07) is 10.8. The van der Waals surface area contributed by atoms with Gasteiger partial charge >= 0.3 is 6.09 Å². The largest absolute Gasteiger partial charge is 0.465 e. The van der Waals surface area contributed by atoms with Gasteiger partial charge in [-0.2, -0.15) is 4.39 Å². The SMILES string of the molecule is CN(C)C(=O)/C=C/CC[C@H](NC(=O)O)C(=O)Nc1cccn(Cc2nc3cc(F)c(F)c(Oc4ccccc4)c3[nH]2)c1=O. The van der Waals surface area contributed by atoms with Crippen LogP contribution in [0.4, 0.5) is 19.3 Å². The van der Waals surface area contributed by atoms with Gasteiger partial charge in [0.25, 0.3) is 5.56 Å². The molecule has 0 aliphatic rings. The Bertz CT molecular complexity index is 1730. The number of carbonyl (C=O) groups is 3. The molecule has 0 fully saturated rings. The van der Waals surface area contributed by atoms with Gasteiger partial charge in [-0.1, -0.05) is 24.3 Å². The first-order valence-corrected chi connectivity index (χ1v) is 13.0. The van der Waals surface area contributed by atoms with Gasteiger partial charge < -0.3 is 34.9 Å². The molecule has 2 aromatic carbocycles. The van der Waals surface area contributed by atoms with E-state index in [1.54, 1.807) is 44.4 Å². The molecule has 4 N–H and O–H groups in total. The zero-order chi connectivity index (χ0) is 31.1. The topological polar surface area (TPSA) is 159 Å². The maximum atomic E-state index is 14.7. The minimum atomic E-state index is -1.44. The number of allylic oxidation sites excluding steroid dienone is 1. The van der Waals surface area contributed by atoms with Crippen LogP contribution < -0.4 is 20.9 Å². The summed E-state index contributed by atoms with van der Waals surface area (Å²) in [6.07, 6.45) is 3.04. The molecular formula is C29H28F2N6O6. The summed E-state index contributed by atoms with van der Waals surface area (Å²) < 4.78 is 35.8. The van der Waals surface area contributed by atoms with Crippen molar-refractivity contribution in [3.63, 3.8) is 0 Å². The van der Waals surface area contributed by atoms with Gasteiger partial charge in [0.05, 0.1) is 12.1 Å². The number of anilines is 1. The Balaban J connectivity index is 1.53. The predicted molar refractivity (Wildman–Crippen MR) is 153 cm³/mol. The van der Waals surface area contributed by atoms with Gasteiger partial charge in [-0.3, -0.25) is 14.4 Å². The van der Waals surface area contributed by atoms with Crippen molar-refractivity contribution in [2.24, 2.45) is 0 Å². The number of carbonyl (C=O) groups excluding carboxylic acids is 2. The standard InChI is InChI=1S/C29H28F2N6O6/c1-36(2)23(38)13-7-6-11-19(34-29(41)42)27(39)33-20-12-8-14-37(28(20)40)16-22-32-21-15-18(30)24(31)26(25(21)35-22)43-17-9-4-3-5-10-17/h3-5,7-10,12-15,19,34H,6,11,16H2,1-2H3,(H,32,35)(H,33,39)(H,41,42)/b13-7+/t19-/m0/s1.